The first-order valence-corrected chi connectivity index (χ1v) is 9.90. The number of amides is 1. The molecule has 4 heterocycles. The Morgan fingerprint density at radius 3 is 2.66 bits per heavy atom. The molecule has 1 aliphatic heterocycles. The molecule has 0 radical (unpaired) electrons. The fraction of sp³-hybridized carbons (Fsp3) is 0.273. The maximum absolute atomic E-state index is 13.1. The number of nitrogens with one attached hydrogen (secondary N) is 1. The van der Waals surface area contributed by atoms with Gasteiger partial charge in [0, 0.05) is 25.2 Å². The number of nitrogens with zero attached hydrogens (tertiary/aromatic N) is 5. The molecule has 5 rings (SSSR count). The van der Waals surface area contributed by atoms with Crippen LogP contribution >= 0.6 is 0 Å². The number of likely N-dealkylation sites (tertiary alicyclic amines) is 1. The summed E-state index contributed by atoms with van der Waals surface area (Å²) in [6.45, 7) is 3.35. The number of rotatable bonds is 3. The molecule has 146 valence electrons. The minimum Gasteiger partial charge on any atom is -0.342 e. The molecule has 0 saturated carbocycles. The van der Waals surface area contributed by atoms with Gasteiger partial charge < -0.3 is 9.88 Å². The first-order valence-electron chi connectivity index (χ1n) is 9.90. The van der Waals surface area contributed by atoms with Gasteiger partial charge in [-0.25, -0.2) is 14.6 Å². The number of benzene rings is 1. The molecule has 4 aromatic rings. The van der Waals surface area contributed by atoms with Crippen molar-refractivity contribution in [3.8, 4) is 5.82 Å². The Bertz CT molecular complexity index is 1120. The number of aromatic amines is 1. The number of fused-ring (bicyclic) bond motifs is 1. The molecule has 1 aromatic carbocycles. The highest BCUT2D eigenvalue weighted by Crippen LogP contribution is 2.28. The Kier molecular flexibility index (Phi) is 4.35. The number of para-hydroxylation sites is 2. The number of carbonyl (C=O) groups is 1. The highest BCUT2D eigenvalue weighted by atomic mass is 16.2. The molecule has 3 aromatic heterocycles. The molecule has 0 aliphatic carbocycles. The quantitative estimate of drug-likeness (QED) is 0.585. The van der Waals surface area contributed by atoms with Crippen molar-refractivity contribution in [1.82, 2.24) is 29.6 Å². The van der Waals surface area contributed by atoms with E-state index in [-0.39, 0.29) is 5.91 Å². The summed E-state index contributed by atoms with van der Waals surface area (Å²) in [5.41, 5.74) is 3.52. The van der Waals surface area contributed by atoms with Gasteiger partial charge in [-0.2, -0.15) is 5.10 Å². The van der Waals surface area contributed by atoms with Crippen LogP contribution in [0.5, 0.6) is 0 Å². The molecule has 1 aliphatic rings. The SMILES string of the molecule is Cc1c(C(=O)N2CCC(c3nc4ccccc4[nH]3)CC2)cnn1-c1ccccn1. The minimum absolute atomic E-state index is 0.0349. The van der Waals surface area contributed by atoms with Crippen LogP contribution in [0.2, 0.25) is 0 Å². The summed E-state index contributed by atoms with van der Waals surface area (Å²) >= 11 is 0. The van der Waals surface area contributed by atoms with Crippen molar-refractivity contribution in [3.63, 3.8) is 0 Å². The fourth-order valence-electron chi connectivity index (χ4n) is 4.02. The third kappa shape index (κ3) is 3.18. The highest BCUT2D eigenvalue weighted by Gasteiger charge is 2.28. The number of hydrogen-bond acceptors (Lipinski definition) is 4. The van der Waals surface area contributed by atoms with Crippen LogP contribution in [0.3, 0.4) is 0 Å². The summed E-state index contributed by atoms with van der Waals surface area (Å²) in [6, 6.07) is 13.7. The van der Waals surface area contributed by atoms with E-state index in [1.54, 1.807) is 17.1 Å². The monoisotopic (exact) mass is 386 g/mol. The maximum Gasteiger partial charge on any atom is 0.257 e. The number of piperidine rings is 1. The fourth-order valence-corrected chi connectivity index (χ4v) is 4.02. The smallest absolute Gasteiger partial charge is 0.257 e. The van der Waals surface area contributed by atoms with E-state index in [1.165, 1.54) is 0 Å². The minimum atomic E-state index is 0.0349. The normalized spacial score (nSPS) is 15.1. The molecular weight excluding hydrogens is 364 g/mol. The van der Waals surface area contributed by atoms with Crippen LogP contribution in [0.4, 0.5) is 0 Å². The zero-order valence-electron chi connectivity index (χ0n) is 16.2. The second-order valence-electron chi connectivity index (χ2n) is 7.45. The van der Waals surface area contributed by atoms with E-state index in [9.17, 15) is 4.79 Å². The molecule has 0 unspecified atom stereocenters. The van der Waals surface area contributed by atoms with Gasteiger partial charge in [-0.3, -0.25) is 4.79 Å². The van der Waals surface area contributed by atoms with E-state index in [0.717, 1.165) is 48.5 Å². The van der Waals surface area contributed by atoms with Crippen LogP contribution in [-0.2, 0) is 0 Å². The van der Waals surface area contributed by atoms with Crippen molar-refractivity contribution >= 4 is 16.9 Å². The average Bonchev–Trinajstić information content (AvgIpc) is 3.37. The molecule has 0 atom stereocenters. The Hall–Kier alpha value is -3.48. The van der Waals surface area contributed by atoms with Crippen molar-refractivity contribution < 1.29 is 4.79 Å². The Balaban J connectivity index is 1.30. The summed E-state index contributed by atoms with van der Waals surface area (Å²) in [5.74, 6) is 2.13. The summed E-state index contributed by atoms with van der Waals surface area (Å²) < 4.78 is 1.72. The van der Waals surface area contributed by atoms with Gasteiger partial charge in [0.25, 0.3) is 5.91 Å². The van der Waals surface area contributed by atoms with Gasteiger partial charge in [-0.05, 0) is 44.0 Å². The lowest BCUT2D eigenvalue weighted by atomic mass is 9.95. The number of pyridine rings is 1. The van der Waals surface area contributed by atoms with Gasteiger partial charge >= 0.3 is 0 Å². The van der Waals surface area contributed by atoms with E-state index in [2.05, 4.69) is 15.1 Å². The van der Waals surface area contributed by atoms with Crippen LogP contribution in [-0.4, -0.2) is 48.6 Å². The van der Waals surface area contributed by atoms with Crippen molar-refractivity contribution in [2.45, 2.75) is 25.7 Å². The first kappa shape index (κ1) is 17.6. The van der Waals surface area contributed by atoms with Crippen molar-refractivity contribution in [1.29, 1.82) is 0 Å². The van der Waals surface area contributed by atoms with E-state index < -0.39 is 0 Å². The summed E-state index contributed by atoms with van der Waals surface area (Å²) in [6.07, 6.45) is 5.18. The molecule has 29 heavy (non-hydrogen) atoms. The molecule has 7 nitrogen and oxygen atoms in total. The maximum atomic E-state index is 13.1. The molecule has 1 amide bonds. The van der Waals surface area contributed by atoms with Crippen molar-refractivity contribution in [2.24, 2.45) is 0 Å². The third-order valence-corrected chi connectivity index (χ3v) is 5.68. The van der Waals surface area contributed by atoms with Gasteiger partial charge in [0.2, 0.25) is 0 Å². The van der Waals surface area contributed by atoms with Gasteiger partial charge in [-0.1, -0.05) is 18.2 Å². The molecule has 7 heteroatoms. The van der Waals surface area contributed by atoms with E-state index >= 15 is 0 Å². The number of H-pyrrole nitrogens is 1. The molecule has 0 spiro atoms. The second-order valence-corrected chi connectivity index (χ2v) is 7.45. The Labute approximate surface area is 168 Å². The molecule has 1 fully saturated rings. The average molecular weight is 386 g/mol. The lowest BCUT2D eigenvalue weighted by Crippen LogP contribution is -2.38. The predicted octanol–water partition coefficient (Wildman–Crippen LogP) is 3.47. The predicted molar refractivity (Wildman–Crippen MR) is 110 cm³/mol. The van der Waals surface area contributed by atoms with E-state index in [1.807, 2.05) is 54.3 Å². The topological polar surface area (TPSA) is 79.7 Å². The van der Waals surface area contributed by atoms with Gasteiger partial charge in [0.15, 0.2) is 5.82 Å². The number of imidazole rings is 1. The van der Waals surface area contributed by atoms with Gasteiger partial charge in [-0.15, -0.1) is 0 Å². The standard InChI is InChI=1S/C22H22N6O/c1-15-17(14-24-28(15)20-8-4-5-11-23-20)22(29)27-12-9-16(10-13-27)21-25-18-6-2-3-7-19(18)26-21/h2-8,11,14,16H,9-10,12-13H2,1H3,(H,25,26). The summed E-state index contributed by atoms with van der Waals surface area (Å²) in [5, 5.41) is 4.38. The van der Waals surface area contributed by atoms with Crippen LogP contribution in [0.15, 0.2) is 54.9 Å². The van der Waals surface area contributed by atoms with E-state index in [4.69, 9.17) is 4.98 Å². The van der Waals surface area contributed by atoms with Crippen LogP contribution in [0, 0.1) is 6.92 Å². The number of hydrogen-bond donors (Lipinski definition) is 1. The highest BCUT2D eigenvalue weighted by molar-refractivity contribution is 5.95. The van der Waals surface area contributed by atoms with Crippen LogP contribution in [0.1, 0.15) is 40.6 Å². The first-order chi connectivity index (χ1) is 14.2. The number of carbonyl (C=O) groups excluding carboxylic acids is 1. The summed E-state index contributed by atoms with van der Waals surface area (Å²) in [4.78, 5) is 27.5. The zero-order chi connectivity index (χ0) is 19.8. The lowest BCUT2D eigenvalue weighted by Gasteiger charge is -2.31. The van der Waals surface area contributed by atoms with E-state index in [0.29, 0.717) is 17.3 Å². The molecule has 1 saturated heterocycles. The second kappa shape index (κ2) is 7.16. The summed E-state index contributed by atoms with van der Waals surface area (Å²) in [7, 11) is 0. The molecular formula is C22H22N6O. The Morgan fingerprint density at radius 2 is 1.90 bits per heavy atom. The molecule has 1 N–H and O–H groups in total. The van der Waals surface area contributed by atoms with Gasteiger partial charge in [0.1, 0.15) is 5.82 Å². The van der Waals surface area contributed by atoms with Crippen molar-refractivity contribution in [3.05, 3.63) is 71.9 Å². The van der Waals surface area contributed by atoms with Crippen LogP contribution < -0.4 is 0 Å². The zero-order valence-corrected chi connectivity index (χ0v) is 16.2. The van der Waals surface area contributed by atoms with Gasteiger partial charge in [0.05, 0.1) is 28.5 Å². The van der Waals surface area contributed by atoms with Crippen LogP contribution in [0.25, 0.3) is 16.9 Å². The number of aromatic nitrogens is 5. The Morgan fingerprint density at radius 1 is 1.10 bits per heavy atom. The largest absolute Gasteiger partial charge is 0.342 e. The lowest BCUT2D eigenvalue weighted by molar-refractivity contribution is 0.0710. The van der Waals surface area contributed by atoms with Crippen molar-refractivity contribution in [2.75, 3.05) is 13.1 Å². The molecule has 0 bridgehead atoms. The third-order valence-electron chi connectivity index (χ3n) is 5.68.